The van der Waals surface area contributed by atoms with Crippen LogP contribution in [0, 0.1) is 18.3 Å². The number of hydrogen-bond donors (Lipinski definition) is 0. The number of hydrogen-bond acceptors (Lipinski definition) is 3. The molecule has 1 aromatic rings. The minimum atomic E-state index is 0.541. The largest absolute Gasteiger partial charge is 0.477 e. The van der Waals surface area contributed by atoms with E-state index in [9.17, 15) is 0 Å². The van der Waals surface area contributed by atoms with Crippen LogP contribution in [0.15, 0.2) is 10.5 Å². The van der Waals surface area contributed by atoms with Crippen molar-refractivity contribution in [3.63, 3.8) is 0 Å². The summed E-state index contributed by atoms with van der Waals surface area (Å²) in [5, 5.41) is 8.71. The first-order valence-corrected chi connectivity index (χ1v) is 4.68. The van der Waals surface area contributed by atoms with Crippen molar-refractivity contribution in [3.05, 3.63) is 21.8 Å². The van der Waals surface area contributed by atoms with Gasteiger partial charge >= 0.3 is 0 Å². The van der Waals surface area contributed by atoms with E-state index in [-0.39, 0.29) is 0 Å². The third kappa shape index (κ3) is 2.19. The van der Waals surface area contributed by atoms with Crippen LogP contribution in [-0.2, 0) is 0 Å². The van der Waals surface area contributed by atoms with Gasteiger partial charge in [-0.25, -0.2) is 4.98 Å². The van der Waals surface area contributed by atoms with E-state index in [1.54, 1.807) is 13.0 Å². The van der Waals surface area contributed by atoms with Gasteiger partial charge in [-0.3, -0.25) is 0 Å². The van der Waals surface area contributed by atoms with Gasteiger partial charge in [0, 0.05) is 0 Å². The molecular formula is C9H9BrN2O. The Morgan fingerprint density at radius 2 is 2.38 bits per heavy atom. The summed E-state index contributed by atoms with van der Waals surface area (Å²) < 4.78 is 5.97. The van der Waals surface area contributed by atoms with Crippen LogP contribution >= 0.6 is 15.9 Å². The minimum Gasteiger partial charge on any atom is -0.477 e. The molecule has 0 radical (unpaired) electrons. The van der Waals surface area contributed by atoms with Crippen LogP contribution < -0.4 is 4.74 Å². The van der Waals surface area contributed by atoms with Crippen molar-refractivity contribution in [1.29, 1.82) is 5.26 Å². The maximum Gasteiger partial charge on any atom is 0.228 e. The molecular weight excluding hydrogens is 232 g/mol. The molecule has 0 fully saturated rings. The molecule has 0 aliphatic heterocycles. The van der Waals surface area contributed by atoms with Gasteiger partial charge in [0.15, 0.2) is 0 Å². The normalized spacial score (nSPS) is 9.38. The number of nitrogens with zero attached hydrogens (tertiary/aromatic N) is 2. The molecule has 0 amide bonds. The quantitative estimate of drug-likeness (QED) is 0.798. The number of aromatic nitrogens is 1. The number of aryl methyl sites for hydroxylation is 1. The molecule has 0 bridgehead atoms. The number of halogens is 1. The molecule has 0 saturated heterocycles. The van der Waals surface area contributed by atoms with Crippen molar-refractivity contribution in [2.45, 2.75) is 13.8 Å². The van der Waals surface area contributed by atoms with Crippen LogP contribution in [0.3, 0.4) is 0 Å². The summed E-state index contributed by atoms with van der Waals surface area (Å²) in [6.45, 7) is 4.24. The summed E-state index contributed by atoms with van der Waals surface area (Å²) in [4.78, 5) is 4.14. The fraction of sp³-hybridized carbons (Fsp3) is 0.333. The molecule has 0 saturated carbocycles. The molecule has 1 aromatic heterocycles. The summed E-state index contributed by atoms with van der Waals surface area (Å²) in [5.74, 6) is 0.541. The lowest BCUT2D eigenvalue weighted by Crippen LogP contribution is -1.98. The SMILES string of the molecule is CCOc1nc(C)c(C#N)cc1Br. The highest BCUT2D eigenvalue weighted by molar-refractivity contribution is 9.10. The van der Waals surface area contributed by atoms with E-state index in [1.165, 1.54) is 0 Å². The van der Waals surface area contributed by atoms with Gasteiger partial charge < -0.3 is 4.74 Å². The van der Waals surface area contributed by atoms with Crippen molar-refractivity contribution in [2.24, 2.45) is 0 Å². The van der Waals surface area contributed by atoms with Crippen LogP contribution in [0.25, 0.3) is 0 Å². The highest BCUT2D eigenvalue weighted by Gasteiger charge is 2.06. The Balaban J connectivity index is 3.14. The lowest BCUT2D eigenvalue weighted by Gasteiger charge is -2.05. The topological polar surface area (TPSA) is 45.9 Å². The Bertz CT molecular complexity index is 357. The molecule has 0 spiro atoms. The second kappa shape index (κ2) is 4.24. The van der Waals surface area contributed by atoms with E-state index in [4.69, 9.17) is 10.00 Å². The molecule has 0 aliphatic rings. The minimum absolute atomic E-state index is 0.541. The number of pyridine rings is 1. The lowest BCUT2D eigenvalue weighted by atomic mass is 10.2. The van der Waals surface area contributed by atoms with E-state index in [0.717, 1.165) is 4.47 Å². The molecule has 3 nitrogen and oxygen atoms in total. The smallest absolute Gasteiger partial charge is 0.228 e. The Hall–Kier alpha value is -1.08. The number of ether oxygens (including phenoxy) is 1. The Morgan fingerprint density at radius 3 is 2.92 bits per heavy atom. The molecule has 0 atom stereocenters. The highest BCUT2D eigenvalue weighted by Crippen LogP contribution is 2.24. The van der Waals surface area contributed by atoms with Gasteiger partial charge in [-0.1, -0.05) is 0 Å². The van der Waals surface area contributed by atoms with Crippen molar-refractivity contribution in [3.8, 4) is 11.9 Å². The van der Waals surface area contributed by atoms with Crippen molar-refractivity contribution >= 4 is 15.9 Å². The molecule has 4 heteroatoms. The van der Waals surface area contributed by atoms with Gasteiger partial charge in [0.2, 0.25) is 5.88 Å². The van der Waals surface area contributed by atoms with Gasteiger partial charge in [-0.05, 0) is 35.8 Å². The first-order chi connectivity index (χ1) is 6.19. The van der Waals surface area contributed by atoms with Crippen LogP contribution in [-0.4, -0.2) is 11.6 Å². The Labute approximate surface area is 85.5 Å². The zero-order valence-corrected chi connectivity index (χ0v) is 9.05. The van der Waals surface area contributed by atoms with Crippen LogP contribution in [0.5, 0.6) is 5.88 Å². The van der Waals surface area contributed by atoms with E-state index < -0.39 is 0 Å². The summed E-state index contributed by atoms with van der Waals surface area (Å²) in [5.41, 5.74) is 1.25. The van der Waals surface area contributed by atoms with Crippen LogP contribution in [0.2, 0.25) is 0 Å². The summed E-state index contributed by atoms with van der Waals surface area (Å²) in [6.07, 6.45) is 0. The molecule has 0 unspecified atom stereocenters. The maximum atomic E-state index is 8.71. The molecule has 1 rings (SSSR count). The van der Waals surface area contributed by atoms with Crippen molar-refractivity contribution in [1.82, 2.24) is 4.98 Å². The van der Waals surface area contributed by atoms with E-state index in [2.05, 4.69) is 27.0 Å². The third-order valence-corrected chi connectivity index (χ3v) is 2.10. The van der Waals surface area contributed by atoms with Crippen molar-refractivity contribution in [2.75, 3.05) is 6.61 Å². The Morgan fingerprint density at radius 1 is 1.69 bits per heavy atom. The van der Waals surface area contributed by atoms with Gasteiger partial charge in [0.1, 0.15) is 6.07 Å². The first-order valence-electron chi connectivity index (χ1n) is 3.89. The molecule has 0 N–H and O–H groups in total. The van der Waals surface area contributed by atoms with Gasteiger partial charge in [-0.2, -0.15) is 5.26 Å². The van der Waals surface area contributed by atoms with Crippen LogP contribution in [0.4, 0.5) is 0 Å². The Kier molecular flexibility index (Phi) is 3.26. The maximum absolute atomic E-state index is 8.71. The third-order valence-electron chi connectivity index (χ3n) is 1.54. The van der Waals surface area contributed by atoms with Crippen molar-refractivity contribution < 1.29 is 4.74 Å². The first kappa shape index (κ1) is 10.0. The summed E-state index contributed by atoms with van der Waals surface area (Å²) >= 11 is 3.28. The number of rotatable bonds is 2. The van der Waals surface area contributed by atoms with Gasteiger partial charge in [0.25, 0.3) is 0 Å². The van der Waals surface area contributed by atoms with Gasteiger partial charge in [-0.15, -0.1) is 0 Å². The van der Waals surface area contributed by atoms with E-state index in [0.29, 0.717) is 23.7 Å². The second-order valence-electron chi connectivity index (χ2n) is 2.45. The fourth-order valence-corrected chi connectivity index (χ4v) is 1.34. The molecule has 13 heavy (non-hydrogen) atoms. The van der Waals surface area contributed by atoms with Crippen LogP contribution in [0.1, 0.15) is 18.2 Å². The van der Waals surface area contributed by atoms with Gasteiger partial charge in [0.05, 0.1) is 22.3 Å². The standard InChI is InChI=1S/C9H9BrN2O/c1-3-13-9-8(10)4-7(5-11)6(2)12-9/h4H,3H2,1-2H3. The second-order valence-corrected chi connectivity index (χ2v) is 3.31. The monoisotopic (exact) mass is 240 g/mol. The zero-order valence-electron chi connectivity index (χ0n) is 7.47. The average molecular weight is 241 g/mol. The molecule has 1 heterocycles. The molecule has 68 valence electrons. The van der Waals surface area contributed by atoms with E-state index in [1.807, 2.05) is 6.92 Å². The zero-order chi connectivity index (χ0) is 9.84. The predicted molar refractivity (Wildman–Crippen MR) is 52.6 cm³/mol. The fourth-order valence-electron chi connectivity index (χ4n) is 0.910. The highest BCUT2D eigenvalue weighted by atomic mass is 79.9. The lowest BCUT2D eigenvalue weighted by molar-refractivity contribution is 0.324. The summed E-state index contributed by atoms with van der Waals surface area (Å²) in [7, 11) is 0. The van der Waals surface area contributed by atoms with E-state index >= 15 is 0 Å². The average Bonchev–Trinajstić information content (AvgIpc) is 2.11. The molecule has 0 aliphatic carbocycles. The molecule has 0 aromatic carbocycles. The summed E-state index contributed by atoms with van der Waals surface area (Å²) in [6, 6.07) is 3.77. The predicted octanol–water partition coefficient (Wildman–Crippen LogP) is 2.42. The number of nitriles is 1.